The van der Waals surface area contributed by atoms with Gasteiger partial charge >= 0.3 is 0 Å². The van der Waals surface area contributed by atoms with Gasteiger partial charge in [0.25, 0.3) is 5.56 Å². The van der Waals surface area contributed by atoms with Crippen LogP contribution in [-0.4, -0.2) is 9.78 Å². The Hall–Kier alpha value is -1.83. The zero-order valence-corrected chi connectivity index (χ0v) is 11.5. The van der Waals surface area contributed by atoms with Crippen molar-refractivity contribution < 1.29 is 0 Å². The molecule has 0 unspecified atom stereocenters. The number of rotatable bonds is 2. The Bertz CT molecular complexity index is 732. The van der Waals surface area contributed by atoms with Gasteiger partial charge in [0.1, 0.15) is 5.02 Å². The van der Waals surface area contributed by atoms with Gasteiger partial charge in [0.05, 0.1) is 29.4 Å². The van der Waals surface area contributed by atoms with Crippen molar-refractivity contribution in [1.29, 1.82) is 5.26 Å². The van der Waals surface area contributed by atoms with E-state index in [0.29, 0.717) is 5.56 Å². The Morgan fingerprint density at radius 3 is 2.79 bits per heavy atom. The number of aromatic nitrogens is 2. The minimum atomic E-state index is -0.432. The molecule has 0 aliphatic heterocycles. The molecule has 19 heavy (non-hydrogen) atoms. The summed E-state index contributed by atoms with van der Waals surface area (Å²) in [7, 11) is 0. The highest BCUT2D eigenvalue weighted by molar-refractivity contribution is 6.41. The molecule has 0 fully saturated rings. The fraction of sp³-hybridized carbons (Fsp3) is 0.154. The van der Waals surface area contributed by atoms with Gasteiger partial charge in [0.2, 0.25) is 0 Å². The minimum Gasteiger partial charge on any atom is -0.266 e. The number of halogens is 2. The van der Waals surface area contributed by atoms with Crippen molar-refractivity contribution in [2.24, 2.45) is 0 Å². The van der Waals surface area contributed by atoms with E-state index >= 15 is 0 Å². The van der Waals surface area contributed by atoms with Crippen LogP contribution in [0.15, 0.2) is 29.2 Å². The second-order valence-corrected chi connectivity index (χ2v) is 4.81. The average Bonchev–Trinajstić information content (AvgIpc) is 2.41. The van der Waals surface area contributed by atoms with Crippen molar-refractivity contribution in [3.05, 3.63) is 61.5 Å². The van der Waals surface area contributed by atoms with Crippen LogP contribution in [0.3, 0.4) is 0 Å². The fourth-order valence-corrected chi connectivity index (χ4v) is 1.93. The van der Waals surface area contributed by atoms with E-state index in [4.69, 9.17) is 28.5 Å². The predicted molar refractivity (Wildman–Crippen MR) is 73.5 cm³/mol. The zero-order valence-electron chi connectivity index (χ0n) is 10.0. The molecule has 0 aliphatic carbocycles. The maximum absolute atomic E-state index is 11.9. The van der Waals surface area contributed by atoms with E-state index in [1.54, 1.807) is 18.2 Å². The van der Waals surface area contributed by atoms with Crippen LogP contribution in [0.4, 0.5) is 0 Å². The van der Waals surface area contributed by atoms with Crippen LogP contribution in [0.2, 0.25) is 10.0 Å². The van der Waals surface area contributed by atoms with Gasteiger partial charge in [-0.25, -0.2) is 4.68 Å². The predicted octanol–water partition coefficient (Wildman–Crippen LogP) is 2.78. The lowest BCUT2D eigenvalue weighted by atomic mass is 10.1. The molecule has 0 aliphatic rings. The van der Waals surface area contributed by atoms with Crippen LogP contribution in [-0.2, 0) is 6.54 Å². The summed E-state index contributed by atoms with van der Waals surface area (Å²) in [6, 6.07) is 7.32. The molecule has 96 valence electrons. The van der Waals surface area contributed by atoms with Crippen LogP contribution in [0.25, 0.3) is 0 Å². The molecule has 0 N–H and O–H groups in total. The van der Waals surface area contributed by atoms with Crippen LogP contribution in [0.1, 0.15) is 16.7 Å². The van der Waals surface area contributed by atoms with Gasteiger partial charge in [-0.3, -0.25) is 4.79 Å². The van der Waals surface area contributed by atoms with Gasteiger partial charge in [-0.1, -0.05) is 29.3 Å². The summed E-state index contributed by atoms with van der Waals surface area (Å²) in [6.07, 6.45) is 1.34. The van der Waals surface area contributed by atoms with Gasteiger partial charge in [-0.2, -0.15) is 10.4 Å². The van der Waals surface area contributed by atoms with E-state index in [1.807, 2.05) is 6.92 Å². The first-order valence-electron chi connectivity index (χ1n) is 5.43. The number of aryl methyl sites for hydroxylation is 1. The molecule has 2 rings (SSSR count). The Labute approximate surface area is 119 Å². The monoisotopic (exact) mass is 293 g/mol. The smallest absolute Gasteiger partial charge is 0.266 e. The van der Waals surface area contributed by atoms with E-state index in [-0.39, 0.29) is 16.6 Å². The van der Waals surface area contributed by atoms with Gasteiger partial charge in [-0.05, 0) is 30.2 Å². The van der Waals surface area contributed by atoms with Crippen molar-refractivity contribution in [2.75, 3.05) is 0 Å². The first kappa shape index (κ1) is 13.6. The van der Waals surface area contributed by atoms with Crippen molar-refractivity contribution in [1.82, 2.24) is 9.78 Å². The van der Waals surface area contributed by atoms with E-state index in [0.717, 1.165) is 11.1 Å². The minimum absolute atomic E-state index is 0.0389. The lowest BCUT2D eigenvalue weighted by Gasteiger charge is -2.08. The molecule has 0 radical (unpaired) electrons. The standard InChI is InChI=1S/C13H9Cl2N3O/c1-8-4-9(5-16)2-3-10(8)7-18-13(19)12(15)11(14)6-17-18/h2-4,6H,7H2,1H3. The lowest BCUT2D eigenvalue weighted by molar-refractivity contribution is 0.637. The first-order chi connectivity index (χ1) is 9.02. The summed E-state index contributed by atoms with van der Waals surface area (Å²) < 4.78 is 1.24. The largest absolute Gasteiger partial charge is 0.287 e. The van der Waals surface area contributed by atoms with E-state index < -0.39 is 5.56 Å². The quantitative estimate of drug-likeness (QED) is 0.855. The summed E-state index contributed by atoms with van der Waals surface area (Å²) in [5.74, 6) is 0. The molecule has 0 saturated heterocycles. The van der Waals surface area contributed by atoms with E-state index in [9.17, 15) is 4.79 Å². The third kappa shape index (κ3) is 2.78. The number of hydrogen-bond donors (Lipinski definition) is 0. The molecule has 6 heteroatoms. The highest BCUT2D eigenvalue weighted by Crippen LogP contribution is 2.16. The number of hydrogen-bond acceptors (Lipinski definition) is 3. The summed E-state index contributed by atoms with van der Waals surface area (Å²) in [4.78, 5) is 11.9. The van der Waals surface area contributed by atoms with Gasteiger partial charge in [-0.15, -0.1) is 0 Å². The Morgan fingerprint density at radius 1 is 1.42 bits per heavy atom. The average molecular weight is 294 g/mol. The van der Waals surface area contributed by atoms with Crippen LogP contribution in [0, 0.1) is 18.3 Å². The second-order valence-electron chi connectivity index (χ2n) is 4.02. The van der Waals surface area contributed by atoms with Gasteiger partial charge < -0.3 is 0 Å². The number of benzene rings is 1. The van der Waals surface area contributed by atoms with Crippen LogP contribution < -0.4 is 5.56 Å². The third-order valence-electron chi connectivity index (χ3n) is 2.73. The molecule has 0 atom stereocenters. The van der Waals surface area contributed by atoms with Gasteiger partial charge in [0, 0.05) is 0 Å². The summed E-state index contributed by atoms with van der Waals surface area (Å²) in [5.41, 5.74) is 1.96. The lowest BCUT2D eigenvalue weighted by Crippen LogP contribution is -2.24. The van der Waals surface area contributed by atoms with E-state index in [1.165, 1.54) is 10.9 Å². The second kappa shape index (κ2) is 5.43. The number of nitriles is 1. The molecular weight excluding hydrogens is 285 g/mol. The highest BCUT2D eigenvalue weighted by atomic mass is 35.5. The molecule has 1 aromatic carbocycles. The van der Waals surface area contributed by atoms with Crippen LogP contribution >= 0.6 is 23.2 Å². The van der Waals surface area contributed by atoms with Crippen LogP contribution in [0.5, 0.6) is 0 Å². The first-order valence-corrected chi connectivity index (χ1v) is 6.19. The maximum Gasteiger partial charge on any atom is 0.287 e. The molecule has 0 amide bonds. The Balaban J connectivity index is 2.40. The normalized spacial score (nSPS) is 10.2. The molecule has 0 spiro atoms. The summed E-state index contributed by atoms with van der Waals surface area (Å²) in [5, 5.41) is 12.8. The van der Waals surface area contributed by atoms with Crippen molar-refractivity contribution in [3.63, 3.8) is 0 Å². The molecule has 4 nitrogen and oxygen atoms in total. The molecule has 1 aromatic heterocycles. The Kier molecular flexibility index (Phi) is 3.89. The molecule has 0 saturated carbocycles. The maximum atomic E-state index is 11.9. The topological polar surface area (TPSA) is 58.7 Å². The van der Waals surface area contributed by atoms with Crippen molar-refractivity contribution in [2.45, 2.75) is 13.5 Å². The summed E-state index contributed by atoms with van der Waals surface area (Å²) >= 11 is 11.5. The van der Waals surface area contributed by atoms with Crippen molar-refractivity contribution in [3.8, 4) is 6.07 Å². The van der Waals surface area contributed by atoms with Gasteiger partial charge in [0.15, 0.2) is 0 Å². The third-order valence-corrected chi connectivity index (χ3v) is 3.48. The SMILES string of the molecule is Cc1cc(C#N)ccc1Cn1ncc(Cl)c(Cl)c1=O. The molecule has 0 bridgehead atoms. The Morgan fingerprint density at radius 2 is 2.16 bits per heavy atom. The van der Waals surface area contributed by atoms with E-state index in [2.05, 4.69) is 11.2 Å². The zero-order chi connectivity index (χ0) is 14.0. The van der Waals surface area contributed by atoms with Crippen molar-refractivity contribution >= 4 is 23.2 Å². The molecule has 2 aromatic rings. The molecule has 1 heterocycles. The number of nitrogens with zero attached hydrogens (tertiary/aromatic N) is 3. The highest BCUT2D eigenvalue weighted by Gasteiger charge is 2.09. The summed E-state index contributed by atoms with van der Waals surface area (Å²) in [6.45, 7) is 2.16. The fourth-order valence-electron chi connectivity index (χ4n) is 1.66. The molecular formula is C13H9Cl2N3O.